The van der Waals surface area contributed by atoms with Crippen LogP contribution in [0.15, 0.2) is 29.2 Å². The van der Waals surface area contributed by atoms with Gasteiger partial charge in [0, 0.05) is 29.3 Å². The Hall–Kier alpha value is -1.00. The molecule has 0 fully saturated rings. The average molecular weight is 266 g/mol. The SMILES string of the molecule is CC(=O)Nc1ccc(SC(CN)C(C)(C)C)cc1. The molecule has 0 heterocycles. The van der Waals surface area contributed by atoms with Crippen LogP contribution in [0.2, 0.25) is 0 Å². The van der Waals surface area contributed by atoms with Gasteiger partial charge < -0.3 is 11.1 Å². The van der Waals surface area contributed by atoms with Gasteiger partial charge in [0.25, 0.3) is 0 Å². The van der Waals surface area contributed by atoms with Crippen molar-refractivity contribution in [3.05, 3.63) is 24.3 Å². The summed E-state index contributed by atoms with van der Waals surface area (Å²) in [5, 5.41) is 3.14. The maximum absolute atomic E-state index is 10.9. The molecule has 0 saturated carbocycles. The van der Waals surface area contributed by atoms with Crippen LogP contribution in [-0.2, 0) is 4.79 Å². The van der Waals surface area contributed by atoms with Crippen LogP contribution in [0.1, 0.15) is 27.7 Å². The van der Waals surface area contributed by atoms with Gasteiger partial charge in [-0.25, -0.2) is 0 Å². The summed E-state index contributed by atoms with van der Waals surface area (Å²) in [7, 11) is 0. The normalized spacial score (nSPS) is 13.2. The first-order valence-corrected chi connectivity index (χ1v) is 6.95. The summed E-state index contributed by atoms with van der Waals surface area (Å²) in [5.74, 6) is -0.0510. The van der Waals surface area contributed by atoms with Crippen LogP contribution in [0.3, 0.4) is 0 Å². The highest BCUT2D eigenvalue weighted by atomic mass is 32.2. The van der Waals surface area contributed by atoms with Gasteiger partial charge in [-0.1, -0.05) is 20.8 Å². The zero-order valence-corrected chi connectivity index (χ0v) is 12.3. The molecule has 0 radical (unpaired) electrons. The molecule has 0 saturated heterocycles. The first kappa shape index (κ1) is 15.1. The molecule has 18 heavy (non-hydrogen) atoms. The molecule has 1 aromatic carbocycles. The number of benzene rings is 1. The van der Waals surface area contributed by atoms with Gasteiger partial charge in [-0.3, -0.25) is 4.79 Å². The van der Waals surface area contributed by atoms with Crippen LogP contribution in [0.5, 0.6) is 0 Å². The molecule has 1 atom stereocenters. The Morgan fingerprint density at radius 3 is 2.28 bits per heavy atom. The number of thioether (sulfide) groups is 1. The lowest BCUT2D eigenvalue weighted by atomic mass is 9.92. The Bertz CT molecular complexity index is 395. The third-order valence-electron chi connectivity index (χ3n) is 2.63. The summed E-state index contributed by atoms with van der Waals surface area (Å²) < 4.78 is 0. The van der Waals surface area contributed by atoms with Crippen LogP contribution in [0, 0.1) is 5.41 Å². The van der Waals surface area contributed by atoms with E-state index in [0.717, 1.165) is 5.69 Å². The highest BCUT2D eigenvalue weighted by Gasteiger charge is 2.24. The molecule has 0 spiro atoms. The Morgan fingerprint density at radius 1 is 1.33 bits per heavy atom. The first-order valence-electron chi connectivity index (χ1n) is 6.07. The molecule has 1 rings (SSSR count). The van der Waals surface area contributed by atoms with E-state index in [2.05, 4.69) is 26.1 Å². The lowest BCUT2D eigenvalue weighted by molar-refractivity contribution is -0.114. The Kier molecular flexibility index (Phi) is 5.23. The highest BCUT2D eigenvalue weighted by Crippen LogP contribution is 2.34. The quantitative estimate of drug-likeness (QED) is 0.823. The minimum Gasteiger partial charge on any atom is -0.329 e. The minimum absolute atomic E-state index is 0.0510. The van der Waals surface area contributed by atoms with E-state index in [9.17, 15) is 4.79 Å². The number of hydrogen-bond acceptors (Lipinski definition) is 3. The predicted molar refractivity (Wildman–Crippen MR) is 78.9 cm³/mol. The van der Waals surface area contributed by atoms with Crippen molar-refractivity contribution in [2.45, 2.75) is 37.8 Å². The van der Waals surface area contributed by atoms with Crippen LogP contribution in [0.4, 0.5) is 5.69 Å². The molecular weight excluding hydrogens is 244 g/mol. The minimum atomic E-state index is -0.0510. The molecule has 1 amide bonds. The van der Waals surface area contributed by atoms with Crippen LogP contribution in [0.25, 0.3) is 0 Å². The van der Waals surface area contributed by atoms with E-state index >= 15 is 0 Å². The second-order valence-electron chi connectivity index (χ2n) is 5.41. The van der Waals surface area contributed by atoms with Crippen LogP contribution >= 0.6 is 11.8 Å². The molecule has 3 nitrogen and oxygen atoms in total. The fourth-order valence-electron chi connectivity index (χ4n) is 1.56. The Morgan fingerprint density at radius 2 is 1.89 bits per heavy atom. The van der Waals surface area contributed by atoms with E-state index in [4.69, 9.17) is 5.73 Å². The molecule has 100 valence electrons. The molecule has 4 heteroatoms. The van der Waals surface area contributed by atoms with Crippen molar-refractivity contribution >= 4 is 23.4 Å². The maximum atomic E-state index is 10.9. The van der Waals surface area contributed by atoms with Crippen molar-refractivity contribution in [3.63, 3.8) is 0 Å². The largest absolute Gasteiger partial charge is 0.329 e. The van der Waals surface area contributed by atoms with Gasteiger partial charge in [-0.2, -0.15) is 0 Å². The summed E-state index contributed by atoms with van der Waals surface area (Å²) >= 11 is 1.79. The van der Waals surface area contributed by atoms with E-state index in [-0.39, 0.29) is 11.3 Å². The maximum Gasteiger partial charge on any atom is 0.221 e. The van der Waals surface area contributed by atoms with Gasteiger partial charge >= 0.3 is 0 Å². The summed E-state index contributed by atoms with van der Waals surface area (Å²) in [6.07, 6.45) is 0. The third-order valence-corrected chi connectivity index (χ3v) is 4.36. The molecule has 1 aromatic rings. The number of carbonyl (C=O) groups is 1. The highest BCUT2D eigenvalue weighted by molar-refractivity contribution is 8.00. The molecule has 0 aliphatic rings. The zero-order chi connectivity index (χ0) is 13.8. The van der Waals surface area contributed by atoms with Crippen molar-refractivity contribution in [3.8, 4) is 0 Å². The standard InChI is InChI=1S/C14H22N2OS/c1-10(17)16-11-5-7-12(8-6-11)18-13(9-15)14(2,3)4/h5-8,13H,9,15H2,1-4H3,(H,16,17). The van der Waals surface area contributed by atoms with Crippen molar-refractivity contribution in [1.29, 1.82) is 0 Å². The van der Waals surface area contributed by atoms with Gasteiger partial charge in [0.05, 0.1) is 0 Å². The smallest absolute Gasteiger partial charge is 0.221 e. The number of rotatable bonds is 4. The van der Waals surface area contributed by atoms with Crippen LogP contribution in [-0.4, -0.2) is 17.7 Å². The molecule has 0 aliphatic heterocycles. The molecular formula is C14H22N2OS. The number of anilines is 1. The van der Waals surface area contributed by atoms with Crippen molar-refractivity contribution in [2.75, 3.05) is 11.9 Å². The molecule has 3 N–H and O–H groups in total. The lowest BCUT2D eigenvalue weighted by Gasteiger charge is -2.29. The Labute approximate surface area is 114 Å². The topological polar surface area (TPSA) is 55.1 Å². The monoisotopic (exact) mass is 266 g/mol. The molecule has 0 aliphatic carbocycles. The molecule has 1 unspecified atom stereocenters. The predicted octanol–water partition coefficient (Wildman–Crippen LogP) is 3.11. The number of carbonyl (C=O) groups excluding carboxylic acids is 1. The third kappa shape index (κ3) is 4.70. The van der Waals surface area contributed by atoms with E-state index in [0.29, 0.717) is 11.8 Å². The second kappa shape index (κ2) is 6.25. The number of amides is 1. The fourth-order valence-corrected chi connectivity index (χ4v) is 2.63. The number of nitrogens with one attached hydrogen (secondary N) is 1. The fraction of sp³-hybridized carbons (Fsp3) is 0.500. The summed E-state index contributed by atoms with van der Waals surface area (Å²) in [5.41, 5.74) is 6.83. The summed E-state index contributed by atoms with van der Waals surface area (Å²) in [4.78, 5) is 12.1. The van der Waals surface area contributed by atoms with Crippen LogP contribution < -0.4 is 11.1 Å². The van der Waals surface area contributed by atoms with Crippen molar-refractivity contribution < 1.29 is 4.79 Å². The average Bonchev–Trinajstić information content (AvgIpc) is 2.25. The van der Waals surface area contributed by atoms with Gasteiger partial charge in [-0.15, -0.1) is 11.8 Å². The summed E-state index contributed by atoms with van der Waals surface area (Å²) in [6, 6.07) is 7.87. The van der Waals surface area contributed by atoms with E-state index in [1.807, 2.05) is 24.3 Å². The first-order chi connectivity index (χ1) is 8.32. The van der Waals surface area contributed by atoms with E-state index in [1.165, 1.54) is 11.8 Å². The number of hydrogen-bond donors (Lipinski definition) is 2. The van der Waals surface area contributed by atoms with Crippen molar-refractivity contribution in [2.24, 2.45) is 11.1 Å². The van der Waals surface area contributed by atoms with E-state index < -0.39 is 0 Å². The molecule has 0 bridgehead atoms. The van der Waals surface area contributed by atoms with Gasteiger partial charge in [0.15, 0.2) is 0 Å². The van der Waals surface area contributed by atoms with Gasteiger partial charge in [0.2, 0.25) is 5.91 Å². The van der Waals surface area contributed by atoms with Gasteiger partial charge in [-0.05, 0) is 29.7 Å². The number of nitrogens with two attached hydrogens (primary N) is 1. The zero-order valence-electron chi connectivity index (χ0n) is 11.5. The molecule has 0 aromatic heterocycles. The second-order valence-corrected chi connectivity index (χ2v) is 6.69. The lowest BCUT2D eigenvalue weighted by Crippen LogP contribution is -2.30. The van der Waals surface area contributed by atoms with E-state index in [1.54, 1.807) is 11.8 Å². The Balaban J connectivity index is 2.71. The summed E-state index contributed by atoms with van der Waals surface area (Å²) in [6.45, 7) is 8.75. The van der Waals surface area contributed by atoms with Gasteiger partial charge in [0.1, 0.15) is 0 Å². The van der Waals surface area contributed by atoms with Crippen molar-refractivity contribution in [1.82, 2.24) is 0 Å².